The van der Waals surface area contributed by atoms with Crippen LogP contribution < -0.4 is 5.32 Å². The van der Waals surface area contributed by atoms with Crippen molar-refractivity contribution in [2.24, 2.45) is 0 Å². The molecule has 0 aromatic heterocycles. The molecule has 0 spiro atoms. The summed E-state index contributed by atoms with van der Waals surface area (Å²) in [6.45, 7) is 0.644. The summed E-state index contributed by atoms with van der Waals surface area (Å²) in [6.07, 6.45) is 2.49. The van der Waals surface area contributed by atoms with Gasteiger partial charge in [0, 0.05) is 17.6 Å². The van der Waals surface area contributed by atoms with Crippen LogP contribution in [0.5, 0.6) is 0 Å². The Hall–Kier alpha value is -1.77. The number of nitrogens with one attached hydrogen (secondary N) is 1. The molecule has 1 atom stereocenters. The van der Waals surface area contributed by atoms with E-state index in [4.69, 9.17) is 0 Å². The summed E-state index contributed by atoms with van der Waals surface area (Å²) in [5, 5.41) is 2.81. The predicted molar refractivity (Wildman–Crippen MR) is 109 cm³/mol. The van der Waals surface area contributed by atoms with Gasteiger partial charge in [0.2, 0.25) is 15.9 Å². The number of rotatable bonds is 6. The average molecular weight is 469 g/mol. The van der Waals surface area contributed by atoms with E-state index in [-0.39, 0.29) is 16.6 Å². The number of hydrogen-bond acceptors (Lipinski definition) is 3. The van der Waals surface area contributed by atoms with Crippen molar-refractivity contribution in [3.05, 3.63) is 64.4 Å². The maximum absolute atomic E-state index is 13.2. The van der Waals surface area contributed by atoms with Crippen LogP contribution in [-0.4, -0.2) is 37.8 Å². The lowest BCUT2D eigenvalue weighted by Gasteiger charge is -2.33. The molecule has 1 N–H and O–H groups in total. The molecule has 0 saturated carbocycles. The van der Waals surface area contributed by atoms with Gasteiger partial charge in [-0.2, -0.15) is 4.31 Å². The van der Waals surface area contributed by atoms with Crippen molar-refractivity contribution in [1.82, 2.24) is 9.62 Å². The third-order valence-electron chi connectivity index (χ3n) is 4.78. The smallest absolute Gasteiger partial charge is 0.243 e. The Kier molecular flexibility index (Phi) is 6.85. The van der Waals surface area contributed by atoms with Crippen LogP contribution in [0, 0.1) is 5.82 Å². The second-order valence-corrected chi connectivity index (χ2v) is 9.56. The molecule has 1 saturated heterocycles. The van der Waals surface area contributed by atoms with Crippen molar-refractivity contribution in [3.63, 3.8) is 0 Å². The Balaban J connectivity index is 1.68. The van der Waals surface area contributed by atoms with Crippen LogP contribution >= 0.6 is 15.9 Å². The fraction of sp³-hybridized carbons (Fsp3) is 0.350. The summed E-state index contributed by atoms with van der Waals surface area (Å²) in [5.41, 5.74) is 0.781. The summed E-state index contributed by atoms with van der Waals surface area (Å²) in [7, 11) is -3.75. The van der Waals surface area contributed by atoms with Gasteiger partial charge in [-0.1, -0.05) is 34.5 Å². The number of amides is 1. The SMILES string of the molecule is O=C(NCCc1cccc(F)c1)C1CCCCN1S(=O)(=O)c1ccc(Br)cc1. The van der Waals surface area contributed by atoms with Gasteiger partial charge in [-0.3, -0.25) is 4.79 Å². The van der Waals surface area contributed by atoms with Crippen LogP contribution in [0.4, 0.5) is 4.39 Å². The number of piperidine rings is 1. The number of nitrogens with zero attached hydrogens (tertiary/aromatic N) is 1. The Morgan fingerprint density at radius 2 is 1.93 bits per heavy atom. The van der Waals surface area contributed by atoms with E-state index in [0.717, 1.165) is 22.9 Å². The van der Waals surface area contributed by atoms with Gasteiger partial charge < -0.3 is 5.32 Å². The van der Waals surface area contributed by atoms with Gasteiger partial charge >= 0.3 is 0 Å². The molecule has 8 heteroatoms. The number of halogens is 2. The molecule has 28 heavy (non-hydrogen) atoms. The molecule has 2 aromatic carbocycles. The summed E-state index contributed by atoms with van der Waals surface area (Å²) < 4.78 is 41.4. The largest absolute Gasteiger partial charge is 0.354 e. The minimum atomic E-state index is -3.75. The van der Waals surface area contributed by atoms with Gasteiger partial charge in [-0.15, -0.1) is 0 Å². The second-order valence-electron chi connectivity index (χ2n) is 6.75. The molecule has 3 rings (SSSR count). The first-order chi connectivity index (χ1) is 13.4. The summed E-state index contributed by atoms with van der Waals surface area (Å²) in [5.74, 6) is -0.625. The van der Waals surface area contributed by atoms with E-state index in [1.54, 1.807) is 24.3 Å². The summed E-state index contributed by atoms with van der Waals surface area (Å²) in [6, 6.07) is 11.9. The van der Waals surface area contributed by atoms with Crippen LogP contribution in [0.1, 0.15) is 24.8 Å². The van der Waals surface area contributed by atoms with Gasteiger partial charge in [0.05, 0.1) is 4.90 Å². The minimum absolute atomic E-state index is 0.176. The van der Waals surface area contributed by atoms with Gasteiger partial charge in [0.25, 0.3) is 0 Å². The number of sulfonamides is 1. The fourth-order valence-corrected chi connectivity index (χ4v) is 5.26. The van der Waals surface area contributed by atoms with Crippen LogP contribution in [0.15, 0.2) is 57.9 Å². The first-order valence-electron chi connectivity index (χ1n) is 9.17. The van der Waals surface area contributed by atoms with E-state index in [1.807, 2.05) is 0 Å². The summed E-state index contributed by atoms with van der Waals surface area (Å²) >= 11 is 3.30. The van der Waals surface area contributed by atoms with E-state index in [2.05, 4.69) is 21.2 Å². The molecule has 1 amide bonds. The van der Waals surface area contributed by atoms with E-state index in [1.165, 1.54) is 28.6 Å². The van der Waals surface area contributed by atoms with Crippen LogP contribution in [0.2, 0.25) is 0 Å². The first kappa shape index (κ1) is 21.0. The molecular weight excluding hydrogens is 447 g/mol. The average Bonchev–Trinajstić information content (AvgIpc) is 2.68. The second kappa shape index (κ2) is 9.15. The van der Waals surface area contributed by atoms with Crippen molar-refractivity contribution >= 4 is 31.9 Å². The zero-order chi connectivity index (χ0) is 20.1. The van der Waals surface area contributed by atoms with E-state index in [9.17, 15) is 17.6 Å². The Morgan fingerprint density at radius 3 is 2.64 bits per heavy atom. The third-order valence-corrected chi connectivity index (χ3v) is 7.23. The number of benzene rings is 2. The highest BCUT2D eigenvalue weighted by atomic mass is 79.9. The van der Waals surface area contributed by atoms with Crippen molar-refractivity contribution in [2.45, 2.75) is 36.6 Å². The zero-order valence-corrected chi connectivity index (χ0v) is 17.7. The lowest BCUT2D eigenvalue weighted by atomic mass is 10.0. The Labute approximate surface area is 173 Å². The predicted octanol–water partition coefficient (Wildman–Crippen LogP) is 3.49. The maximum atomic E-state index is 13.2. The first-order valence-corrected chi connectivity index (χ1v) is 11.4. The number of carbonyl (C=O) groups is 1. The van der Waals surface area contributed by atoms with E-state index < -0.39 is 16.1 Å². The molecular formula is C20H22BrFN2O3S. The molecule has 1 fully saturated rings. The third kappa shape index (κ3) is 4.98. The lowest BCUT2D eigenvalue weighted by molar-refractivity contribution is -0.125. The molecule has 2 aromatic rings. The highest BCUT2D eigenvalue weighted by Crippen LogP contribution is 2.26. The van der Waals surface area contributed by atoms with Crippen molar-refractivity contribution in [2.75, 3.05) is 13.1 Å². The monoisotopic (exact) mass is 468 g/mol. The molecule has 1 unspecified atom stereocenters. The molecule has 5 nitrogen and oxygen atoms in total. The van der Waals surface area contributed by atoms with Gasteiger partial charge in [-0.25, -0.2) is 12.8 Å². The molecule has 150 valence electrons. The van der Waals surface area contributed by atoms with Gasteiger partial charge in [-0.05, 0) is 61.2 Å². The van der Waals surface area contributed by atoms with E-state index in [0.29, 0.717) is 25.9 Å². The zero-order valence-electron chi connectivity index (χ0n) is 15.3. The number of hydrogen-bond donors (Lipinski definition) is 1. The molecule has 0 bridgehead atoms. The maximum Gasteiger partial charge on any atom is 0.243 e. The topological polar surface area (TPSA) is 66.5 Å². The van der Waals surface area contributed by atoms with Gasteiger partial charge in [0.1, 0.15) is 11.9 Å². The Bertz CT molecular complexity index is 935. The standard InChI is InChI=1S/C20H22BrFN2O3S/c21-16-7-9-18(10-8-16)28(26,27)24-13-2-1-6-19(24)20(25)23-12-11-15-4-3-5-17(22)14-15/h3-5,7-10,14,19H,1-2,6,11-13H2,(H,23,25). The van der Waals surface area contributed by atoms with Crippen LogP contribution in [0.3, 0.4) is 0 Å². The Morgan fingerprint density at radius 1 is 1.18 bits per heavy atom. The van der Waals surface area contributed by atoms with Crippen LogP contribution in [0.25, 0.3) is 0 Å². The molecule has 0 aliphatic carbocycles. The highest BCUT2D eigenvalue weighted by molar-refractivity contribution is 9.10. The molecule has 1 heterocycles. The van der Waals surface area contributed by atoms with Crippen molar-refractivity contribution < 1.29 is 17.6 Å². The number of carbonyl (C=O) groups excluding carboxylic acids is 1. The van der Waals surface area contributed by atoms with Crippen molar-refractivity contribution in [1.29, 1.82) is 0 Å². The van der Waals surface area contributed by atoms with E-state index >= 15 is 0 Å². The quantitative estimate of drug-likeness (QED) is 0.705. The fourth-order valence-electron chi connectivity index (χ4n) is 3.34. The minimum Gasteiger partial charge on any atom is -0.354 e. The molecule has 1 aliphatic heterocycles. The van der Waals surface area contributed by atoms with Gasteiger partial charge in [0.15, 0.2) is 0 Å². The van der Waals surface area contributed by atoms with Crippen molar-refractivity contribution in [3.8, 4) is 0 Å². The summed E-state index contributed by atoms with van der Waals surface area (Å²) in [4.78, 5) is 12.9. The highest BCUT2D eigenvalue weighted by Gasteiger charge is 2.37. The normalized spacial score (nSPS) is 18.0. The lowest BCUT2D eigenvalue weighted by Crippen LogP contribution is -2.52. The molecule has 0 radical (unpaired) electrons. The van der Waals surface area contributed by atoms with Crippen LogP contribution in [-0.2, 0) is 21.2 Å². The molecule has 1 aliphatic rings.